The molecule has 5 atom stereocenters. The van der Waals surface area contributed by atoms with Gasteiger partial charge in [-0.15, -0.1) is 0 Å². The van der Waals surface area contributed by atoms with Crippen molar-refractivity contribution < 1.29 is 18.6 Å². The molecule has 1 aliphatic rings. The Morgan fingerprint density at radius 3 is 2.33 bits per heavy atom. The van der Waals surface area contributed by atoms with Crippen LogP contribution >= 0.6 is 0 Å². The van der Waals surface area contributed by atoms with Crippen molar-refractivity contribution in [3.05, 3.63) is 48.0 Å². The number of hydrogen-bond donors (Lipinski definition) is 0. The zero-order chi connectivity index (χ0) is 24.9. The van der Waals surface area contributed by atoms with E-state index in [0.717, 1.165) is 6.42 Å². The Morgan fingerprint density at radius 2 is 1.76 bits per heavy atom. The molecule has 4 nitrogen and oxygen atoms in total. The second kappa shape index (κ2) is 11.6. The quantitative estimate of drug-likeness (QED) is 0.261. The molecule has 1 heterocycles. The Balaban J connectivity index is 2.06. The zero-order valence-corrected chi connectivity index (χ0v) is 23.7. The monoisotopic (exact) mass is 476 g/mol. The van der Waals surface area contributed by atoms with E-state index in [1.807, 2.05) is 32.0 Å². The summed E-state index contributed by atoms with van der Waals surface area (Å²) >= 11 is 0. The molecule has 0 unspecified atom stereocenters. The lowest BCUT2D eigenvalue weighted by molar-refractivity contribution is -0.330. The molecule has 0 aliphatic carbocycles. The van der Waals surface area contributed by atoms with Crippen molar-refractivity contribution in [3.8, 4) is 0 Å². The second-order valence-electron chi connectivity index (χ2n) is 11.7. The minimum atomic E-state index is -1.89. The smallest absolute Gasteiger partial charge is 0.192 e. The number of allylic oxidation sites excluding steroid dienone is 1. The van der Waals surface area contributed by atoms with E-state index in [9.17, 15) is 0 Å². The maximum Gasteiger partial charge on any atom is 0.192 e. The molecular formula is C28H48O4Si. The fraction of sp³-hybridized carbons (Fsp3) is 0.714. The van der Waals surface area contributed by atoms with E-state index in [4.69, 9.17) is 18.6 Å². The zero-order valence-electron chi connectivity index (χ0n) is 22.7. The molecule has 0 amide bonds. The van der Waals surface area contributed by atoms with Gasteiger partial charge in [0.25, 0.3) is 0 Å². The summed E-state index contributed by atoms with van der Waals surface area (Å²) in [6.07, 6.45) is 5.29. The van der Waals surface area contributed by atoms with Crippen LogP contribution in [0.1, 0.15) is 67.4 Å². The molecule has 0 aromatic heterocycles. The molecular weight excluding hydrogens is 428 g/mol. The molecule has 0 spiro atoms. The fourth-order valence-corrected chi connectivity index (χ4v) is 5.53. The first-order chi connectivity index (χ1) is 15.3. The van der Waals surface area contributed by atoms with Crippen molar-refractivity contribution in [3.63, 3.8) is 0 Å². The van der Waals surface area contributed by atoms with Crippen LogP contribution in [0.5, 0.6) is 0 Å². The van der Waals surface area contributed by atoms with E-state index in [1.54, 1.807) is 0 Å². The summed E-state index contributed by atoms with van der Waals surface area (Å²) < 4.78 is 25.7. The molecule has 0 saturated carbocycles. The lowest BCUT2D eigenvalue weighted by Gasteiger charge is -2.48. The predicted molar refractivity (Wildman–Crippen MR) is 140 cm³/mol. The summed E-state index contributed by atoms with van der Waals surface area (Å²) in [6, 6.07) is 10.3. The van der Waals surface area contributed by atoms with Crippen molar-refractivity contribution in [1.82, 2.24) is 0 Å². The first-order valence-electron chi connectivity index (χ1n) is 12.5. The molecule has 2 rings (SSSR count). The van der Waals surface area contributed by atoms with Crippen LogP contribution in [0.15, 0.2) is 42.5 Å². The second-order valence-corrected chi connectivity index (χ2v) is 16.4. The Morgan fingerprint density at radius 1 is 1.12 bits per heavy atom. The van der Waals surface area contributed by atoms with Gasteiger partial charge in [-0.1, -0.05) is 77.1 Å². The third kappa shape index (κ3) is 8.32. The van der Waals surface area contributed by atoms with Crippen LogP contribution in [0.25, 0.3) is 0 Å². The highest BCUT2D eigenvalue weighted by Gasteiger charge is 2.45. The third-order valence-electron chi connectivity index (χ3n) is 7.14. The van der Waals surface area contributed by atoms with Gasteiger partial charge in [-0.25, -0.2) is 0 Å². The maximum atomic E-state index is 6.78. The minimum absolute atomic E-state index is 0.0440. The standard InChI is InChI=1S/C28H48O4Si/c1-11-15-24(32-33(9,10)27(4,5)6)18-25-22(3)26(31-28(7,8)30-25)21(2)19-29-20-23-16-13-12-14-17-23/h11-17,21-22,24-26H,18-20H2,1-10H3/b15-11+/t21-,22-,24+,25-,26+/m1/s1. The van der Waals surface area contributed by atoms with Gasteiger partial charge in [0.2, 0.25) is 0 Å². The van der Waals surface area contributed by atoms with Crippen molar-refractivity contribution >= 4 is 8.32 Å². The van der Waals surface area contributed by atoms with E-state index < -0.39 is 14.1 Å². The molecule has 0 N–H and O–H groups in total. The predicted octanol–water partition coefficient (Wildman–Crippen LogP) is 7.35. The normalized spacial score (nSPS) is 25.8. The molecule has 0 radical (unpaired) electrons. The highest BCUT2D eigenvalue weighted by molar-refractivity contribution is 6.74. The van der Waals surface area contributed by atoms with Gasteiger partial charge in [0.1, 0.15) is 0 Å². The van der Waals surface area contributed by atoms with Gasteiger partial charge >= 0.3 is 0 Å². The summed E-state index contributed by atoms with van der Waals surface area (Å²) in [7, 11) is -1.89. The average molecular weight is 477 g/mol. The lowest BCUT2D eigenvalue weighted by Crippen LogP contribution is -2.54. The van der Waals surface area contributed by atoms with Crippen LogP contribution in [0.3, 0.4) is 0 Å². The molecule has 1 aromatic rings. The van der Waals surface area contributed by atoms with Crippen molar-refractivity contribution in [2.45, 2.75) is 111 Å². The lowest BCUT2D eigenvalue weighted by atomic mass is 9.85. The van der Waals surface area contributed by atoms with Gasteiger partial charge in [-0.05, 0) is 44.5 Å². The molecule has 1 aromatic carbocycles. The summed E-state index contributed by atoms with van der Waals surface area (Å²) in [4.78, 5) is 0. The van der Waals surface area contributed by atoms with E-state index in [-0.39, 0.29) is 35.2 Å². The third-order valence-corrected chi connectivity index (χ3v) is 11.6. The Bertz CT molecular complexity index is 738. The minimum Gasteiger partial charge on any atom is -0.410 e. The summed E-state index contributed by atoms with van der Waals surface area (Å²) in [5.74, 6) is -0.132. The Hall–Kier alpha value is -0.983. The van der Waals surface area contributed by atoms with Crippen LogP contribution in [-0.4, -0.2) is 39.0 Å². The molecule has 5 heteroatoms. The molecule has 1 saturated heterocycles. The number of hydrogen-bond acceptors (Lipinski definition) is 4. The summed E-state index contributed by atoms with van der Waals surface area (Å²) in [5.41, 5.74) is 1.20. The summed E-state index contributed by atoms with van der Waals surface area (Å²) in [6.45, 7) is 23.4. The first kappa shape index (κ1) is 28.3. The SMILES string of the molecule is C/C=C/[C@@H](C[C@H]1OC(C)(C)O[C@@H]([C@H](C)COCc2ccccc2)[C@@H]1C)O[Si](C)(C)C(C)(C)C. The number of rotatable bonds is 10. The van der Waals surface area contributed by atoms with Crippen LogP contribution in [0.2, 0.25) is 18.1 Å². The van der Waals surface area contributed by atoms with Crippen LogP contribution < -0.4 is 0 Å². The highest BCUT2D eigenvalue weighted by atomic mass is 28.4. The van der Waals surface area contributed by atoms with Gasteiger partial charge in [0.05, 0.1) is 31.5 Å². The molecule has 188 valence electrons. The molecule has 0 bridgehead atoms. The van der Waals surface area contributed by atoms with Crippen molar-refractivity contribution in [1.29, 1.82) is 0 Å². The van der Waals surface area contributed by atoms with Crippen molar-refractivity contribution in [2.75, 3.05) is 6.61 Å². The topological polar surface area (TPSA) is 36.9 Å². The van der Waals surface area contributed by atoms with Gasteiger partial charge in [0.15, 0.2) is 14.1 Å². The van der Waals surface area contributed by atoms with E-state index in [0.29, 0.717) is 13.2 Å². The van der Waals surface area contributed by atoms with Crippen LogP contribution in [0.4, 0.5) is 0 Å². The average Bonchev–Trinajstić information content (AvgIpc) is 2.70. The van der Waals surface area contributed by atoms with E-state index in [1.165, 1.54) is 5.56 Å². The first-order valence-corrected chi connectivity index (χ1v) is 15.4. The molecule has 1 aliphatic heterocycles. The van der Waals surface area contributed by atoms with Gasteiger partial charge in [0, 0.05) is 18.3 Å². The van der Waals surface area contributed by atoms with Gasteiger partial charge < -0.3 is 18.6 Å². The molecule has 1 fully saturated rings. The van der Waals surface area contributed by atoms with Crippen LogP contribution in [0, 0.1) is 11.8 Å². The van der Waals surface area contributed by atoms with E-state index >= 15 is 0 Å². The maximum absolute atomic E-state index is 6.78. The Labute approximate surface area is 204 Å². The van der Waals surface area contributed by atoms with Crippen molar-refractivity contribution in [2.24, 2.45) is 11.8 Å². The highest BCUT2D eigenvalue weighted by Crippen LogP contribution is 2.40. The number of benzene rings is 1. The van der Waals surface area contributed by atoms with Gasteiger partial charge in [-0.3, -0.25) is 0 Å². The van der Waals surface area contributed by atoms with E-state index in [2.05, 4.69) is 78.9 Å². The largest absolute Gasteiger partial charge is 0.410 e. The van der Waals surface area contributed by atoms with Gasteiger partial charge in [-0.2, -0.15) is 0 Å². The van der Waals surface area contributed by atoms with Crippen LogP contribution in [-0.2, 0) is 25.2 Å². The summed E-state index contributed by atoms with van der Waals surface area (Å²) in [5, 5.41) is 0.168. The Kier molecular flexibility index (Phi) is 9.96. The molecule has 33 heavy (non-hydrogen) atoms. The number of ether oxygens (including phenoxy) is 3. The fourth-order valence-electron chi connectivity index (χ4n) is 4.24.